The van der Waals surface area contributed by atoms with Gasteiger partial charge >= 0.3 is 0 Å². The van der Waals surface area contributed by atoms with Gasteiger partial charge in [0.25, 0.3) is 11.5 Å². The van der Waals surface area contributed by atoms with Gasteiger partial charge in [-0.2, -0.15) is 9.61 Å². The molecule has 170 valence electrons. The Bertz CT molecular complexity index is 1330. The molecule has 0 atom stereocenters. The van der Waals surface area contributed by atoms with Gasteiger partial charge in [0.2, 0.25) is 4.96 Å². The minimum atomic E-state index is -0.243. The van der Waals surface area contributed by atoms with Crippen molar-refractivity contribution in [1.29, 1.82) is 0 Å². The Balaban J connectivity index is 1.41. The summed E-state index contributed by atoms with van der Waals surface area (Å²) in [5.74, 6) is 1.13. The topological polar surface area (TPSA) is 85.6 Å². The standard InChI is InChI=1S/C24H24N4O3S2/c1-15(2)23-27-28-22(30)12-17(25-24(28)33-23)14-32-20-7-5-4-6-19(20)26-21(29)13-31-18-10-8-16(3)9-11-18/h4-12,15H,13-14H2,1-3H3,(H,26,29). The number of aromatic nitrogens is 3. The molecular weight excluding hydrogens is 456 g/mol. The molecule has 1 amide bonds. The van der Waals surface area contributed by atoms with E-state index in [9.17, 15) is 9.59 Å². The van der Waals surface area contributed by atoms with E-state index in [4.69, 9.17) is 4.74 Å². The highest BCUT2D eigenvalue weighted by Gasteiger charge is 2.13. The number of aryl methyl sites for hydroxylation is 1. The number of benzene rings is 2. The first kappa shape index (κ1) is 23.0. The molecule has 0 aliphatic carbocycles. The fraction of sp³-hybridized carbons (Fsp3) is 0.250. The molecule has 2 heterocycles. The number of amides is 1. The van der Waals surface area contributed by atoms with Gasteiger partial charge in [-0.3, -0.25) is 9.59 Å². The number of carbonyl (C=O) groups is 1. The van der Waals surface area contributed by atoms with Crippen LogP contribution in [0.25, 0.3) is 4.96 Å². The maximum absolute atomic E-state index is 12.5. The first-order valence-corrected chi connectivity index (χ1v) is 12.3. The van der Waals surface area contributed by atoms with Crippen molar-refractivity contribution in [2.24, 2.45) is 0 Å². The predicted octanol–water partition coefficient (Wildman–Crippen LogP) is 4.89. The molecular formula is C24H24N4O3S2. The van der Waals surface area contributed by atoms with Crippen LogP contribution in [0.1, 0.15) is 36.0 Å². The number of nitrogens with one attached hydrogen (secondary N) is 1. The van der Waals surface area contributed by atoms with Crippen molar-refractivity contribution in [3.8, 4) is 5.75 Å². The van der Waals surface area contributed by atoms with Gasteiger partial charge in [0.15, 0.2) is 6.61 Å². The van der Waals surface area contributed by atoms with Crippen LogP contribution in [0.5, 0.6) is 5.75 Å². The van der Waals surface area contributed by atoms with Crippen LogP contribution in [0.2, 0.25) is 0 Å². The van der Waals surface area contributed by atoms with E-state index < -0.39 is 0 Å². The molecule has 4 aromatic rings. The molecule has 0 spiro atoms. The summed E-state index contributed by atoms with van der Waals surface area (Å²) in [5.41, 5.74) is 2.31. The lowest BCUT2D eigenvalue weighted by Crippen LogP contribution is -2.20. The van der Waals surface area contributed by atoms with E-state index in [0.29, 0.717) is 27.8 Å². The molecule has 7 nitrogen and oxygen atoms in total. The van der Waals surface area contributed by atoms with Gasteiger partial charge in [-0.15, -0.1) is 11.8 Å². The molecule has 0 unspecified atom stereocenters. The average Bonchev–Trinajstić information content (AvgIpc) is 3.23. The van der Waals surface area contributed by atoms with Gasteiger partial charge in [-0.1, -0.05) is 55.0 Å². The van der Waals surface area contributed by atoms with Crippen LogP contribution < -0.4 is 15.6 Å². The van der Waals surface area contributed by atoms with E-state index in [0.717, 1.165) is 15.5 Å². The quantitative estimate of drug-likeness (QED) is 0.361. The first-order valence-electron chi connectivity index (χ1n) is 10.5. The summed E-state index contributed by atoms with van der Waals surface area (Å²) >= 11 is 2.94. The van der Waals surface area contributed by atoms with E-state index in [1.165, 1.54) is 33.7 Å². The summed E-state index contributed by atoms with van der Waals surface area (Å²) in [5, 5.41) is 8.14. The summed E-state index contributed by atoms with van der Waals surface area (Å²) < 4.78 is 6.92. The lowest BCUT2D eigenvalue weighted by Gasteiger charge is -2.11. The second-order valence-corrected chi connectivity index (χ2v) is 9.81. The zero-order valence-electron chi connectivity index (χ0n) is 18.6. The molecule has 0 saturated carbocycles. The number of nitrogens with zero attached hydrogens (tertiary/aromatic N) is 3. The number of hydrogen-bond acceptors (Lipinski definition) is 7. The maximum Gasteiger partial charge on any atom is 0.275 e. The third kappa shape index (κ3) is 5.80. The van der Waals surface area contributed by atoms with Crippen molar-refractivity contribution in [1.82, 2.24) is 14.6 Å². The van der Waals surface area contributed by atoms with Crippen LogP contribution in [0.4, 0.5) is 5.69 Å². The van der Waals surface area contributed by atoms with Gasteiger partial charge in [0.05, 0.1) is 11.4 Å². The fourth-order valence-corrected chi connectivity index (χ4v) is 4.82. The van der Waals surface area contributed by atoms with E-state index in [2.05, 4.69) is 15.4 Å². The minimum absolute atomic E-state index is 0.0827. The summed E-state index contributed by atoms with van der Waals surface area (Å²) in [6, 6.07) is 16.6. The second-order valence-electron chi connectivity index (χ2n) is 7.81. The van der Waals surface area contributed by atoms with E-state index in [1.807, 2.05) is 69.3 Å². The Hall–Kier alpha value is -3.17. The number of thioether (sulfide) groups is 1. The molecule has 0 aliphatic rings. The SMILES string of the molecule is Cc1ccc(OCC(=O)Nc2ccccc2SCc2cc(=O)n3nc(C(C)C)sc3n2)cc1. The number of anilines is 1. The number of para-hydroxylation sites is 1. The lowest BCUT2D eigenvalue weighted by molar-refractivity contribution is -0.118. The molecule has 1 N–H and O–H groups in total. The van der Waals surface area contributed by atoms with Crippen LogP contribution in [-0.2, 0) is 10.5 Å². The summed E-state index contributed by atoms with van der Waals surface area (Å²) in [6.45, 7) is 5.99. The highest BCUT2D eigenvalue weighted by Crippen LogP contribution is 2.30. The summed E-state index contributed by atoms with van der Waals surface area (Å²) in [4.78, 5) is 31.0. The highest BCUT2D eigenvalue weighted by molar-refractivity contribution is 7.98. The lowest BCUT2D eigenvalue weighted by atomic mass is 10.2. The molecule has 0 fully saturated rings. The minimum Gasteiger partial charge on any atom is -0.484 e. The van der Waals surface area contributed by atoms with Gasteiger partial charge in [-0.25, -0.2) is 4.98 Å². The van der Waals surface area contributed by atoms with Crippen LogP contribution in [-0.4, -0.2) is 27.1 Å². The maximum atomic E-state index is 12.5. The fourth-order valence-electron chi connectivity index (χ4n) is 3.00. The van der Waals surface area contributed by atoms with Crippen molar-refractivity contribution in [2.45, 2.75) is 37.3 Å². The second kappa shape index (κ2) is 10.2. The van der Waals surface area contributed by atoms with Gasteiger partial charge in [0, 0.05) is 22.6 Å². The van der Waals surface area contributed by atoms with Crippen molar-refractivity contribution >= 4 is 39.7 Å². The molecule has 0 saturated heterocycles. The normalized spacial score (nSPS) is 11.2. The van der Waals surface area contributed by atoms with Crippen molar-refractivity contribution in [2.75, 3.05) is 11.9 Å². The molecule has 0 aliphatic heterocycles. The number of fused-ring (bicyclic) bond motifs is 1. The Morgan fingerprint density at radius 2 is 1.94 bits per heavy atom. The molecule has 2 aromatic heterocycles. The Kier molecular flexibility index (Phi) is 7.10. The van der Waals surface area contributed by atoms with E-state index >= 15 is 0 Å². The molecule has 9 heteroatoms. The van der Waals surface area contributed by atoms with Crippen molar-refractivity contribution in [3.63, 3.8) is 0 Å². The van der Waals surface area contributed by atoms with Gasteiger partial charge < -0.3 is 10.1 Å². The highest BCUT2D eigenvalue weighted by atomic mass is 32.2. The zero-order valence-corrected chi connectivity index (χ0v) is 20.2. The molecule has 4 rings (SSSR count). The Morgan fingerprint density at radius 3 is 2.70 bits per heavy atom. The largest absolute Gasteiger partial charge is 0.484 e. The summed E-state index contributed by atoms with van der Waals surface area (Å²) in [6.07, 6.45) is 0. The molecule has 0 radical (unpaired) electrons. The smallest absolute Gasteiger partial charge is 0.275 e. The van der Waals surface area contributed by atoms with Crippen molar-refractivity contribution in [3.05, 3.63) is 81.2 Å². The van der Waals surface area contributed by atoms with Crippen LogP contribution in [0.15, 0.2) is 64.3 Å². The van der Waals surface area contributed by atoms with Crippen LogP contribution >= 0.6 is 23.1 Å². The van der Waals surface area contributed by atoms with Gasteiger partial charge in [-0.05, 0) is 31.2 Å². The van der Waals surface area contributed by atoms with Crippen LogP contribution in [0.3, 0.4) is 0 Å². The predicted molar refractivity (Wildman–Crippen MR) is 133 cm³/mol. The Morgan fingerprint density at radius 1 is 1.18 bits per heavy atom. The number of ether oxygens (including phenoxy) is 1. The monoisotopic (exact) mass is 480 g/mol. The summed E-state index contributed by atoms with van der Waals surface area (Å²) in [7, 11) is 0. The average molecular weight is 481 g/mol. The third-order valence-electron chi connectivity index (χ3n) is 4.74. The van der Waals surface area contributed by atoms with Crippen molar-refractivity contribution < 1.29 is 9.53 Å². The number of carbonyl (C=O) groups excluding carboxylic acids is 1. The molecule has 0 bridgehead atoms. The third-order valence-corrected chi connectivity index (χ3v) is 7.05. The van der Waals surface area contributed by atoms with E-state index in [1.54, 1.807) is 0 Å². The Labute approximate surface area is 199 Å². The zero-order chi connectivity index (χ0) is 23.4. The molecule has 2 aromatic carbocycles. The van der Waals surface area contributed by atoms with E-state index in [-0.39, 0.29) is 24.0 Å². The van der Waals surface area contributed by atoms with Crippen LogP contribution in [0, 0.1) is 6.92 Å². The first-order chi connectivity index (χ1) is 15.9. The number of hydrogen-bond donors (Lipinski definition) is 1. The number of rotatable bonds is 8. The molecule has 33 heavy (non-hydrogen) atoms. The van der Waals surface area contributed by atoms with Gasteiger partial charge in [0.1, 0.15) is 10.8 Å².